The Hall–Kier alpha value is 0.00312. The fraction of sp³-hybridized carbons (Fsp3) is 0.400. The summed E-state index contributed by atoms with van der Waals surface area (Å²) >= 11 is 0. The molecule has 0 fully saturated rings. The highest BCUT2D eigenvalue weighted by atomic mass is 28.3. The number of benzene rings is 1. The van der Waals surface area contributed by atoms with Crippen molar-refractivity contribution in [2.75, 3.05) is 0 Å². The van der Waals surface area contributed by atoms with Crippen LogP contribution in [0.1, 0.15) is 5.56 Å². The Labute approximate surface area is 97.3 Å². The van der Waals surface area contributed by atoms with Gasteiger partial charge in [-0.1, -0.05) is 37.8 Å². The molecule has 0 bridgehead atoms. The molecule has 1 aromatic carbocycles. The van der Waals surface area contributed by atoms with Crippen molar-refractivity contribution in [2.24, 2.45) is 0 Å². The lowest BCUT2D eigenvalue weighted by molar-refractivity contribution is 0.470. The highest BCUT2D eigenvalue weighted by molar-refractivity contribution is 6.75. The molecule has 0 aliphatic rings. The molecule has 0 heterocycles. The van der Waals surface area contributed by atoms with E-state index < -0.39 is 8.07 Å². The summed E-state index contributed by atoms with van der Waals surface area (Å²) in [5, 5.41) is 9.50. The zero-order valence-corrected chi connectivity index (χ0v) is 8.96. The maximum absolute atomic E-state index is 9.50. The van der Waals surface area contributed by atoms with Gasteiger partial charge in [-0.25, -0.2) is 0 Å². The summed E-state index contributed by atoms with van der Waals surface area (Å²) in [4.78, 5) is 0. The number of phenols is 1. The van der Waals surface area contributed by atoms with E-state index in [-0.39, 0.29) is 23.1 Å². The van der Waals surface area contributed by atoms with Crippen molar-refractivity contribution in [3.05, 3.63) is 29.8 Å². The SMILES string of the molecule is C[Si](C)(C)Cc1ccccc1O.[MgH2]. The molecule has 0 atom stereocenters. The van der Waals surface area contributed by atoms with Gasteiger partial charge >= 0.3 is 23.1 Å². The van der Waals surface area contributed by atoms with Crippen LogP contribution in [-0.4, -0.2) is 36.2 Å². The van der Waals surface area contributed by atoms with Crippen LogP contribution in [0, 0.1) is 0 Å². The third-order valence-corrected chi connectivity index (χ3v) is 3.15. The molecule has 0 saturated carbocycles. The second-order valence-electron chi connectivity index (χ2n) is 4.37. The molecular weight excluding hydrogens is 188 g/mol. The fourth-order valence-electron chi connectivity index (χ4n) is 1.23. The first-order valence-corrected chi connectivity index (χ1v) is 7.97. The fourth-order valence-corrected chi connectivity index (χ4v) is 2.67. The third-order valence-electron chi connectivity index (χ3n) is 1.71. The van der Waals surface area contributed by atoms with E-state index in [0.29, 0.717) is 5.75 Å². The highest BCUT2D eigenvalue weighted by Crippen LogP contribution is 2.20. The van der Waals surface area contributed by atoms with Crippen LogP contribution in [0.4, 0.5) is 0 Å². The van der Waals surface area contributed by atoms with Crippen LogP contribution < -0.4 is 0 Å². The Balaban J connectivity index is 0.00000144. The molecule has 1 nitrogen and oxygen atoms in total. The van der Waals surface area contributed by atoms with Gasteiger partial charge in [-0.15, -0.1) is 0 Å². The molecule has 70 valence electrons. The van der Waals surface area contributed by atoms with Crippen molar-refractivity contribution >= 4 is 31.1 Å². The number of aromatic hydroxyl groups is 1. The lowest BCUT2D eigenvalue weighted by atomic mass is 10.2. The molecule has 1 N–H and O–H groups in total. The second kappa shape index (κ2) is 5.03. The van der Waals surface area contributed by atoms with E-state index in [2.05, 4.69) is 19.6 Å². The molecule has 0 saturated heterocycles. The first-order valence-electron chi connectivity index (χ1n) is 4.26. The molecule has 0 unspecified atom stereocenters. The number of rotatable bonds is 2. The predicted octanol–water partition coefficient (Wildman–Crippen LogP) is 1.90. The third kappa shape index (κ3) is 4.69. The summed E-state index contributed by atoms with van der Waals surface area (Å²) in [5.74, 6) is 0.444. The van der Waals surface area contributed by atoms with Crippen molar-refractivity contribution < 1.29 is 5.11 Å². The van der Waals surface area contributed by atoms with Gasteiger partial charge in [-0.3, -0.25) is 0 Å². The minimum absolute atomic E-state index is 0. The lowest BCUT2D eigenvalue weighted by Gasteiger charge is -2.16. The minimum Gasteiger partial charge on any atom is -0.508 e. The monoisotopic (exact) mass is 206 g/mol. The molecule has 0 aliphatic heterocycles. The van der Waals surface area contributed by atoms with E-state index in [9.17, 15) is 5.11 Å². The molecule has 3 heteroatoms. The number of hydrogen-bond acceptors (Lipinski definition) is 1. The Kier molecular flexibility index (Phi) is 5.03. The summed E-state index contributed by atoms with van der Waals surface area (Å²) in [6.07, 6.45) is 0. The number of para-hydroxylation sites is 1. The molecule has 0 aliphatic carbocycles. The standard InChI is InChI=1S/C10H16OSi.Mg.2H/c1-12(2,3)8-9-6-4-5-7-10(9)11;;;/h4-7,11H,8H2,1-3H3;;;. The van der Waals surface area contributed by atoms with E-state index in [1.165, 1.54) is 0 Å². The average Bonchev–Trinajstić information content (AvgIpc) is 1.91. The summed E-state index contributed by atoms with van der Waals surface area (Å²) in [6.45, 7) is 6.91. The molecule has 1 aromatic rings. The molecule has 0 amide bonds. The largest absolute Gasteiger partial charge is 0.508 e. The van der Waals surface area contributed by atoms with Crippen molar-refractivity contribution in [1.29, 1.82) is 0 Å². The van der Waals surface area contributed by atoms with Crippen LogP contribution in [0.5, 0.6) is 5.75 Å². The van der Waals surface area contributed by atoms with Crippen LogP contribution >= 0.6 is 0 Å². The first kappa shape index (κ1) is 13.0. The topological polar surface area (TPSA) is 20.2 Å². The van der Waals surface area contributed by atoms with Gasteiger partial charge < -0.3 is 5.11 Å². The summed E-state index contributed by atoms with van der Waals surface area (Å²) < 4.78 is 0. The minimum atomic E-state index is -1.09. The van der Waals surface area contributed by atoms with Crippen LogP contribution in [0.2, 0.25) is 19.6 Å². The van der Waals surface area contributed by atoms with E-state index in [4.69, 9.17) is 0 Å². The van der Waals surface area contributed by atoms with Crippen LogP contribution in [-0.2, 0) is 6.04 Å². The summed E-state index contributed by atoms with van der Waals surface area (Å²) in [6, 6.07) is 8.67. The van der Waals surface area contributed by atoms with Crippen molar-refractivity contribution in [3.8, 4) is 5.75 Å². The van der Waals surface area contributed by atoms with Gasteiger partial charge in [0, 0.05) is 8.07 Å². The maximum atomic E-state index is 9.50. The van der Waals surface area contributed by atoms with Gasteiger partial charge in [-0.05, 0) is 17.7 Å². The number of hydrogen-bond donors (Lipinski definition) is 1. The zero-order valence-electron chi connectivity index (χ0n) is 7.96. The van der Waals surface area contributed by atoms with Gasteiger partial charge in [0.15, 0.2) is 0 Å². The molecule has 1 rings (SSSR count). The number of phenolic OH excluding ortho intramolecular Hbond substituents is 1. The predicted molar refractivity (Wildman–Crippen MR) is 63.7 cm³/mol. The van der Waals surface area contributed by atoms with Crippen LogP contribution in [0.25, 0.3) is 0 Å². The van der Waals surface area contributed by atoms with Crippen molar-refractivity contribution in [3.63, 3.8) is 0 Å². The molecule has 0 radical (unpaired) electrons. The average molecular weight is 207 g/mol. The van der Waals surface area contributed by atoms with Gasteiger partial charge in [0.25, 0.3) is 0 Å². The van der Waals surface area contributed by atoms with E-state index in [1.54, 1.807) is 6.07 Å². The van der Waals surface area contributed by atoms with Gasteiger partial charge in [0.1, 0.15) is 5.75 Å². The molecule has 0 aromatic heterocycles. The van der Waals surface area contributed by atoms with Gasteiger partial charge in [0.05, 0.1) is 0 Å². The van der Waals surface area contributed by atoms with Crippen molar-refractivity contribution in [2.45, 2.75) is 25.7 Å². The van der Waals surface area contributed by atoms with Gasteiger partial charge in [-0.2, -0.15) is 0 Å². The summed E-state index contributed by atoms with van der Waals surface area (Å²) in [7, 11) is -1.09. The molecule has 0 spiro atoms. The van der Waals surface area contributed by atoms with Gasteiger partial charge in [0.2, 0.25) is 0 Å². The highest BCUT2D eigenvalue weighted by Gasteiger charge is 2.15. The Morgan fingerprint density at radius 1 is 1.15 bits per heavy atom. The van der Waals surface area contributed by atoms with E-state index >= 15 is 0 Å². The summed E-state index contributed by atoms with van der Waals surface area (Å²) in [5.41, 5.74) is 1.09. The quantitative estimate of drug-likeness (QED) is 0.733. The lowest BCUT2D eigenvalue weighted by Crippen LogP contribution is -2.23. The Bertz CT molecular complexity index is 268. The second-order valence-corrected chi connectivity index (χ2v) is 9.84. The van der Waals surface area contributed by atoms with Crippen LogP contribution in [0.3, 0.4) is 0 Å². The molecule has 13 heavy (non-hydrogen) atoms. The smallest absolute Gasteiger partial charge is 0.316 e. The van der Waals surface area contributed by atoms with E-state index in [1.807, 2.05) is 18.2 Å². The Morgan fingerprint density at radius 2 is 1.69 bits per heavy atom. The first-order chi connectivity index (χ1) is 5.49. The molecular formula is C10H18MgOSi. The van der Waals surface area contributed by atoms with E-state index in [0.717, 1.165) is 11.6 Å². The Morgan fingerprint density at radius 3 is 2.15 bits per heavy atom. The van der Waals surface area contributed by atoms with Crippen molar-refractivity contribution in [1.82, 2.24) is 0 Å². The normalized spacial score (nSPS) is 10.7. The maximum Gasteiger partial charge on any atom is 0.316 e. The van der Waals surface area contributed by atoms with Crippen LogP contribution in [0.15, 0.2) is 24.3 Å². The zero-order chi connectivity index (χ0) is 9.19.